The number of urea groups is 1. The van der Waals surface area contributed by atoms with Crippen molar-refractivity contribution in [2.75, 3.05) is 32.7 Å². The van der Waals surface area contributed by atoms with Crippen LogP contribution in [-0.2, 0) is 0 Å². The Hall–Kier alpha value is -0.770. The number of piperidine rings is 2. The SMILES string of the molecule is CC1CCCN(C(=O)N2CCCC(C3CCCN3)C2)C1. The number of nitrogens with zero attached hydrogens (tertiary/aromatic N) is 2. The van der Waals surface area contributed by atoms with Gasteiger partial charge in [0, 0.05) is 32.2 Å². The summed E-state index contributed by atoms with van der Waals surface area (Å²) in [5.74, 6) is 1.35. The van der Waals surface area contributed by atoms with Crippen LogP contribution in [0.3, 0.4) is 0 Å². The second-order valence-corrected chi connectivity index (χ2v) is 7.03. The van der Waals surface area contributed by atoms with E-state index >= 15 is 0 Å². The summed E-state index contributed by atoms with van der Waals surface area (Å²) >= 11 is 0. The number of nitrogens with one attached hydrogen (secondary N) is 1. The Morgan fingerprint density at radius 2 is 1.75 bits per heavy atom. The third-order valence-electron chi connectivity index (χ3n) is 5.32. The Balaban J connectivity index is 1.56. The molecule has 3 aliphatic heterocycles. The molecule has 0 aromatic carbocycles. The maximum Gasteiger partial charge on any atom is 0.320 e. The van der Waals surface area contributed by atoms with Crippen LogP contribution in [0, 0.1) is 11.8 Å². The largest absolute Gasteiger partial charge is 0.324 e. The first-order valence-electron chi connectivity index (χ1n) is 8.51. The third-order valence-corrected chi connectivity index (χ3v) is 5.32. The highest BCUT2D eigenvalue weighted by molar-refractivity contribution is 5.74. The third kappa shape index (κ3) is 3.11. The van der Waals surface area contributed by atoms with Gasteiger partial charge in [-0.3, -0.25) is 0 Å². The van der Waals surface area contributed by atoms with Crippen LogP contribution in [0.4, 0.5) is 4.79 Å². The molecule has 3 unspecified atom stereocenters. The van der Waals surface area contributed by atoms with Crippen molar-refractivity contribution in [1.82, 2.24) is 15.1 Å². The second kappa shape index (κ2) is 6.33. The summed E-state index contributed by atoms with van der Waals surface area (Å²) in [5.41, 5.74) is 0. The Labute approximate surface area is 122 Å². The lowest BCUT2D eigenvalue weighted by Crippen LogP contribution is -2.52. The molecule has 0 bridgehead atoms. The smallest absolute Gasteiger partial charge is 0.320 e. The summed E-state index contributed by atoms with van der Waals surface area (Å²) in [5, 5.41) is 3.62. The molecule has 3 aliphatic rings. The van der Waals surface area contributed by atoms with Gasteiger partial charge in [-0.15, -0.1) is 0 Å². The van der Waals surface area contributed by atoms with Gasteiger partial charge in [-0.1, -0.05) is 6.92 Å². The molecule has 4 nitrogen and oxygen atoms in total. The normalized spacial score (nSPS) is 35.4. The fourth-order valence-electron chi connectivity index (χ4n) is 4.19. The maximum absolute atomic E-state index is 12.7. The summed E-state index contributed by atoms with van der Waals surface area (Å²) in [6.07, 6.45) is 7.52. The molecule has 0 aliphatic carbocycles. The van der Waals surface area contributed by atoms with Crippen LogP contribution >= 0.6 is 0 Å². The van der Waals surface area contributed by atoms with Crippen LogP contribution in [0.1, 0.15) is 45.4 Å². The zero-order chi connectivity index (χ0) is 13.9. The molecule has 3 fully saturated rings. The van der Waals surface area contributed by atoms with Gasteiger partial charge in [-0.25, -0.2) is 4.79 Å². The zero-order valence-electron chi connectivity index (χ0n) is 12.8. The van der Waals surface area contributed by atoms with Gasteiger partial charge in [0.2, 0.25) is 0 Å². The van der Waals surface area contributed by atoms with Crippen LogP contribution in [0.25, 0.3) is 0 Å². The molecule has 4 heteroatoms. The molecular formula is C16H29N3O. The molecule has 0 aromatic heterocycles. The average molecular weight is 279 g/mol. The van der Waals surface area contributed by atoms with Crippen molar-refractivity contribution in [1.29, 1.82) is 0 Å². The van der Waals surface area contributed by atoms with E-state index in [1.807, 2.05) is 0 Å². The van der Waals surface area contributed by atoms with Gasteiger partial charge < -0.3 is 15.1 Å². The van der Waals surface area contributed by atoms with Crippen LogP contribution in [0.2, 0.25) is 0 Å². The first-order valence-corrected chi connectivity index (χ1v) is 8.51. The molecule has 0 aromatic rings. The van der Waals surface area contributed by atoms with Gasteiger partial charge in [0.1, 0.15) is 0 Å². The topological polar surface area (TPSA) is 35.6 Å². The summed E-state index contributed by atoms with van der Waals surface area (Å²) in [7, 11) is 0. The second-order valence-electron chi connectivity index (χ2n) is 7.03. The minimum atomic E-state index is 0.305. The van der Waals surface area contributed by atoms with E-state index in [2.05, 4.69) is 22.0 Å². The molecule has 1 N–H and O–H groups in total. The highest BCUT2D eigenvalue weighted by atomic mass is 16.2. The molecule has 3 heterocycles. The van der Waals surface area contributed by atoms with Crippen LogP contribution in [-0.4, -0.2) is 54.6 Å². The molecule has 114 valence electrons. The fourth-order valence-corrected chi connectivity index (χ4v) is 4.19. The molecular weight excluding hydrogens is 250 g/mol. The minimum absolute atomic E-state index is 0.305. The number of amides is 2. The number of carbonyl (C=O) groups is 1. The van der Waals surface area contributed by atoms with E-state index in [1.165, 1.54) is 45.1 Å². The van der Waals surface area contributed by atoms with Crippen molar-refractivity contribution in [3.63, 3.8) is 0 Å². The van der Waals surface area contributed by atoms with E-state index in [1.54, 1.807) is 0 Å². The van der Waals surface area contributed by atoms with Gasteiger partial charge in [0.05, 0.1) is 0 Å². The van der Waals surface area contributed by atoms with E-state index in [0.717, 1.165) is 26.2 Å². The van der Waals surface area contributed by atoms with Crippen molar-refractivity contribution in [2.24, 2.45) is 11.8 Å². The van der Waals surface area contributed by atoms with E-state index in [-0.39, 0.29) is 0 Å². The van der Waals surface area contributed by atoms with Crippen molar-refractivity contribution in [2.45, 2.75) is 51.5 Å². The lowest BCUT2D eigenvalue weighted by molar-refractivity contribution is 0.105. The molecule has 2 amide bonds. The number of carbonyl (C=O) groups excluding carboxylic acids is 1. The van der Waals surface area contributed by atoms with E-state index in [0.29, 0.717) is 23.9 Å². The van der Waals surface area contributed by atoms with Gasteiger partial charge in [-0.05, 0) is 56.9 Å². The Morgan fingerprint density at radius 3 is 2.45 bits per heavy atom. The van der Waals surface area contributed by atoms with Crippen LogP contribution < -0.4 is 5.32 Å². The summed E-state index contributed by atoms with van der Waals surface area (Å²) in [6, 6.07) is 0.963. The first kappa shape index (κ1) is 14.2. The van der Waals surface area contributed by atoms with E-state index in [9.17, 15) is 4.79 Å². The number of likely N-dealkylation sites (tertiary alicyclic amines) is 2. The summed E-state index contributed by atoms with van der Waals surface area (Å²) in [4.78, 5) is 16.9. The van der Waals surface area contributed by atoms with Crippen LogP contribution in [0.15, 0.2) is 0 Å². The molecule has 3 atom stereocenters. The van der Waals surface area contributed by atoms with Gasteiger partial charge in [0.15, 0.2) is 0 Å². The quantitative estimate of drug-likeness (QED) is 0.799. The highest BCUT2D eigenvalue weighted by Crippen LogP contribution is 2.26. The molecule has 0 spiro atoms. The van der Waals surface area contributed by atoms with E-state index in [4.69, 9.17) is 0 Å². The van der Waals surface area contributed by atoms with Crippen LogP contribution in [0.5, 0.6) is 0 Å². The predicted molar refractivity (Wildman–Crippen MR) is 80.7 cm³/mol. The molecule has 0 radical (unpaired) electrons. The predicted octanol–water partition coefficient (Wildman–Crippen LogP) is 2.30. The van der Waals surface area contributed by atoms with E-state index < -0.39 is 0 Å². The summed E-state index contributed by atoms with van der Waals surface area (Å²) in [6.45, 7) is 7.29. The zero-order valence-corrected chi connectivity index (χ0v) is 12.8. The molecule has 0 saturated carbocycles. The Bertz CT molecular complexity index is 341. The van der Waals surface area contributed by atoms with Crippen molar-refractivity contribution < 1.29 is 4.79 Å². The standard InChI is InChI=1S/C16H29N3O/c1-13-5-3-9-18(11-13)16(20)19-10-4-6-14(12-19)15-7-2-8-17-15/h13-15,17H,2-12H2,1H3. The number of hydrogen-bond acceptors (Lipinski definition) is 2. The number of rotatable bonds is 1. The molecule has 3 rings (SSSR count). The van der Waals surface area contributed by atoms with Crippen molar-refractivity contribution >= 4 is 6.03 Å². The molecule has 20 heavy (non-hydrogen) atoms. The number of hydrogen-bond donors (Lipinski definition) is 1. The maximum atomic E-state index is 12.7. The lowest BCUT2D eigenvalue weighted by atomic mass is 9.90. The molecule has 3 saturated heterocycles. The first-order chi connectivity index (χ1) is 9.74. The summed E-state index contributed by atoms with van der Waals surface area (Å²) < 4.78 is 0. The average Bonchev–Trinajstić information content (AvgIpc) is 3.01. The Morgan fingerprint density at radius 1 is 1.00 bits per heavy atom. The lowest BCUT2D eigenvalue weighted by Gasteiger charge is -2.40. The van der Waals surface area contributed by atoms with Gasteiger partial charge in [-0.2, -0.15) is 0 Å². The van der Waals surface area contributed by atoms with Crippen molar-refractivity contribution in [3.05, 3.63) is 0 Å². The monoisotopic (exact) mass is 279 g/mol. The van der Waals surface area contributed by atoms with Gasteiger partial charge >= 0.3 is 6.03 Å². The van der Waals surface area contributed by atoms with Crippen molar-refractivity contribution in [3.8, 4) is 0 Å². The fraction of sp³-hybridized carbons (Fsp3) is 0.938. The Kier molecular flexibility index (Phi) is 4.49. The van der Waals surface area contributed by atoms with Gasteiger partial charge in [0.25, 0.3) is 0 Å². The minimum Gasteiger partial charge on any atom is -0.324 e. The highest BCUT2D eigenvalue weighted by Gasteiger charge is 2.33.